The summed E-state index contributed by atoms with van der Waals surface area (Å²) in [5.41, 5.74) is 1.19. The molecule has 2 rings (SSSR count). The number of rotatable bonds is 8. The number of hydrogen-bond acceptors (Lipinski definition) is 5. The Morgan fingerprint density at radius 3 is 2.62 bits per heavy atom. The van der Waals surface area contributed by atoms with Crippen molar-refractivity contribution in [3.8, 4) is 5.75 Å². The van der Waals surface area contributed by atoms with Gasteiger partial charge in [-0.25, -0.2) is 0 Å². The van der Waals surface area contributed by atoms with Crippen molar-refractivity contribution < 1.29 is 4.74 Å². The van der Waals surface area contributed by atoms with E-state index in [0.717, 1.165) is 31.0 Å². The molecule has 0 aliphatic carbocycles. The maximum absolute atomic E-state index is 5.68. The van der Waals surface area contributed by atoms with Crippen molar-refractivity contribution in [2.24, 2.45) is 7.05 Å². The van der Waals surface area contributed by atoms with Crippen LogP contribution in [0.1, 0.15) is 37.2 Å². The van der Waals surface area contributed by atoms with E-state index in [0.29, 0.717) is 6.42 Å². The zero-order valence-corrected chi connectivity index (χ0v) is 12.9. The number of aryl methyl sites for hydroxylation is 1. The van der Waals surface area contributed by atoms with Gasteiger partial charge in [-0.15, -0.1) is 10.2 Å². The third kappa shape index (κ3) is 4.53. The van der Waals surface area contributed by atoms with E-state index in [-0.39, 0.29) is 6.04 Å². The number of nitrogens with zero attached hydrogens (tertiary/aromatic N) is 4. The number of hydrogen-bond donors (Lipinski definition) is 1. The molecule has 114 valence electrons. The second kappa shape index (κ2) is 7.73. The molecule has 1 unspecified atom stereocenters. The normalized spacial score (nSPS) is 12.3. The molecule has 0 radical (unpaired) electrons. The molecule has 1 atom stereocenters. The van der Waals surface area contributed by atoms with Crippen LogP contribution < -0.4 is 10.1 Å². The van der Waals surface area contributed by atoms with Crippen molar-refractivity contribution in [1.29, 1.82) is 0 Å². The van der Waals surface area contributed by atoms with E-state index in [1.807, 2.05) is 19.2 Å². The molecule has 6 heteroatoms. The molecular formula is C15H23N5O. The van der Waals surface area contributed by atoms with E-state index in [2.05, 4.69) is 39.8 Å². The molecule has 0 saturated carbocycles. The lowest BCUT2D eigenvalue weighted by Crippen LogP contribution is -2.19. The fourth-order valence-electron chi connectivity index (χ4n) is 2.10. The topological polar surface area (TPSA) is 64.9 Å². The van der Waals surface area contributed by atoms with Gasteiger partial charge in [0.05, 0.1) is 13.7 Å². The van der Waals surface area contributed by atoms with Crippen molar-refractivity contribution in [2.45, 2.75) is 32.2 Å². The summed E-state index contributed by atoms with van der Waals surface area (Å²) in [7, 11) is 3.71. The molecule has 6 nitrogen and oxygen atoms in total. The lowest BCUT2D eigenvalue weighted by atomic mass is 10.0. The Kier molecular flexibility index (Phi) is 5.68. The molecule has 0 fully saturated rings. The number of likely N-dealkylation sites (N-methyl/N-ethyl adjacent to an activating group) is 1. The van der Waals surface area contributed by atoms with Crippen LogP contribution in [0.4, 0.5) is 0 Å². The molecular weight excluding hydrogens is 266 g/mol. The first-order valence-electron chi connectivity index (χ1n) is 7.35. The fourth-order valence-corrected chi connectivity index (χ4v) is 2.10. The van der Waals surface area contributed by atoms with Gasteiger partial charge in [0.2, 0.25) is 0 Å². The smallest absolute Gasteiger partial charge is 0.176 e. The number of tetrazole rings is 1. The monoisotopic (exact) mass is 289 g/mol. The van der Waals surface area contributed by atoms with Crippen LogP contribution in [-0.2, 0) is 13.5 Å². The lowest BCUT2D eigenvalue weighted by molar-refractivity contribution is 0.309. The molecule has 21 heavy (non-hydrogen) atoms. The first-order valence-corrected chi connectivity index (χ1v) is 7.35. The average Bonchev–Trinajstić information content (AvgIpc) is 2.91. The van der Waals surface area contributed by atoms with Gasteiger partial charge in [0.1, 0.15) is 5.75 Å². The van der Waals surface area contributed by atoms with Crippen LogP contribution in [0.5, 0.6) is 5.75 Å². The van der Waals surface area contributed by atoms with Gasteiger partial charge in [-0.2, -0.15) is 4.80 Å². The van der Waals surface area contributed by atoms with Crippen molar-refractivity contribution in [2.75, 3.05) is 13.7 Å². The van der Waals surface area contributed by atoms with Gasteiger partial charge < -0.3 is 10.1 Å². The molecule has 2 aromatic rings. The molecule has 1 aromatic heterocycles. The SMILES string of the molecule is CCCCOc1ccc(C(Cc2nnn(C)n2)NC)cc1. The van der Waals surface area contributed by atoms with Crippen LogP contribution in [-0.4, -0.2) is 33.9 Å². The summed E-state index contributed by atoms with van der Waals surface area (Å²) >= 11 is 0. The Morgan fingerprint density at radius 2 is 2.05 bits per heavy atom. The molecule has 0 spiro atoms. The molecule has 0 aliphatic heterocycles. The Hall–Kier alpha value is -1.95. The Bertz CT molecular complexity index is 537. The highest BCUT2D eigenvalue weighted by atomic mass is 16.5. The summed E-state index contributed by atoms with van der Waals surface area (Å²) in [6, 6.07) is 8.36. The van der Waals surface area contributed by atoms with E-state index in [1.165, 1.54) is 10.4 Å². The van der Waals surface area contributed by atoms with Gasteiger partial charge in [0.25, 0.3) is 0 Å². The molecule has 1 aromatic carbocycles. The van der Waals surface area contributed by atoms with Gasteiger partial charge in [-0.3, -0.25) is 0 Å². The summed E-state index contributed by atoms with van der Waals surface area (Å²) in [5.74, 6) is 1.65. The lowest BCUT2D eigenvalue weighted by Gasteiger charge is -2.15. The average molecular weight is 289 g/mol. The number of benzene rings is 1. The van der Waals surface area contributed by atoms with E-state index >= 15 is 0 Å². The first-order chi connectivity index (χ1) is 10.2. The third-order valence-corrected chi connectivity index (χ3v) is 3.33. The summed E-state index contributed by atoms with van der Waals surface area (Å²) in [5, 5.41) is 15.4. The van der Waals surface area contributed by atoms with E-state index in [1.54, 1.807) is 7.05 Å². The quantitative estimate of drug-likeness (QED) is 0.752. The maximum Gasteiger partial charge on any atom is 0.176 e. The van der Waals surface area contributed by atoms with Gasteiger partial charge in [0, 0.05) is 12.5 Å². The Balaban J connectivity index is 1.98. The minimum Gasteiger partial charge on any atom is -0.494 e. The molecule has 0 bridgehead atoms. The molecule has 1 heterocycles. The number of nitrogens with one attached hydrogen (secondary N) is 1. The van der Waals surface area contributed by atoms with Crippen molar-refractivity contribution in [3.05, 3.63) is 35.7 Å². The molecule has 0 aliphatic rings. The van der Waals surface area contributed by atoms with Crippen LogP contribution in [0.2, 0.25) is 0 Å². The van der Waals surface area contributed by atoms with Gasteiger partial charge >= 0.3 is 0 Å². The van der Waals surface area contributed by atoms with Crippen LogP contribution in [0.25, 0.3) is 0 Å². The molecule has 0 saturated heterocycles. The highest BCUT2D eigenvalue weighted by molar-refractivity contribution is 5.29. The third-order valence-electron chi connectivity index (χ3n) is 3.33. The second-order valence-electron chi connectivity index (χ2n) is 5.01. The largest absolute Gasteiger partial charge is 0.494 e. The van der Waals surface area contributed by atoms with Crippen molar-refractivity contribution in [1.82, 2.24) is 25.5 Å². The van der Waals surface area contributed by atoms with Crippen LogP contribution >= 0.6 is 0 Å². The van der Waals surface area contributed by atoms with Gasteiger partial charge in [-0.1, -0.05) is 25.5 Å². The van der Waals surface area contributed by atoms with Gasteiger partial charge in [0.15, 0.2) is 5.82 Å². The fraction of sp³-hybridized carbons (Fsp3) is 0.533. The first kappa shape index (κ1) is 15.4. The van der Waals surface area contributed by atoms with Gasteiger partial charge in [-0.05, 0) is 36.4 Å². The maximum atomic E-state index is 5.68. The minimum absolute atomic E-state index is 0.166. The van der Waals surface area contributed by atoms with Crippen LogP contribution in [0.3, 0.4) is 0 Å². The minimum atomic E-state index is 0.166. The van der Waals surface area contributed by atoms with E-state index < -0.39 is 0 Å². The highest BCUT2D eigenvalue weighted by Crippen LogP contribution is 2.20. The highest BCUT2D eigenvalue weighted by Gasteiger charge is 2.13. The standard InChI is InChI=1S/C15H23N5O/c1-4-5-10-21-13-8-6-12(7-9-13)14(16-2)11-15-17-19-20(3)18-15/h6-9,14,16H,4-5,10-11H2,1-3H3. The Labute approximate surface area is 125 Å². The number of ether oxygens (including phenoxy) is 1. The number of aromatic nitrogens is 4. The zero-order valence-electron chi connectivity index (χ0n) is 12.9. The van der Waals surface area contributed by atoms with E-state index in [4.69, 9.17) is 4.74 Å². The van der Waals surface area contributed by atoms with Crippen LogP contribution in [0, 0.1) is 0 Å². The predicted molar refractivity (Wildman–Crippen MR) is 81.1 cm³/mol. The summed E-state index contributed by atoms with van der Waals surface area (Å²) in [6.07, 6.45) is 2.94. The van der Waals surface area contributed by atoms with Crippen molar-refractivity contribution >= 4 is 0 Å². The Morgan fingerprint density at radius 1 is 1.29 bits per heavy atom. The second-order valence-corrected chi connectivity index (χ2v) is 5.01. The molecule has 0 amide bonds. The molecule has 1 N–H and O–H groups in total. The zero-order chi connectivity index (χ0) is 15.1. The van der Waals surface area contributed by atoms with Crippen LogP contribution in [0.15, 0.2) is 24.3 Å². The summed E-state index contributed by atoms with van der Waals surface area (Å²) < 4.78 is 5.68. The predicted octanol–water partition coefficient (Wildman–Crippen LogP) is 1.89. The summed E-state index contributed by atoms with van der Waals surface area (Å²) in [4.78, 5) is 1.48. The summed E-state index contributed by atoms with van der Waals surface area (Å²) in [6.45, 7) is 2.93. The van der Waals surface area contributed by atoms with Crippen molar-refractivity contribution in [3.63, 3.8) is 0 Å². The van der Waals surface area contributed by atoms with E-state index in [9.17, 15) is 0 Å². The number of unbranched alkanes of at least 4 members (excludes halogenated alkanes) is 1.